The van der Waals surface area contributed by atoms with Gasteiger partial charge in [0, 0.05) is 18.3 Å². The summed E-state index contributed by atoms with van der Waals surface area (Å²) in [5.74, 6) is 0.445. The Kier molecular flexibility index (Phi) is 2.10. The van der Waals surface area contributed by atoms with Crippen LogP contribution in [0.2, 0.25) is 0 Å². The van der Waals surface area contributed by atoms with Crippen molar-refractivity contribution in [1.29, 1.82) is 0 Å². The van der Waals surface area contributed by atoms with Gasteiger partial charge in [0.2, 0.25) is 0 Å². The third-order valence-electron chi connectivity index (χ3n) is 3.47. The van der Waals surface area contributed by atoms with E-state index < -0.39 is 0 Å². The molecule has 0 N–H and O–H groups in total. The fraction of sp³-hybridized carbons (Fsp3) is 0.583. The Balaban J connectivity index is 2.24. The predicted octanol–water partition coefficient (Wildman–Crippen LogP) is 3.02. The third kappa shape index (κ3) is 1.37. The van der Waals surface area contributed by atoms with E-state index in [-0.39, 0.29) is 5.41 Å². The number of ketones is 1. The van der Waals surface area contributed by atoms with Gasteiger partial charge in [0.25, 0.3) is 0 Å². The largest absolute Gasteiger partial charge is 0.300 e. The van der Waals surface area contributed by atoms with Crippen LogP contribution in [0, 0.1) is 5.41 Å². The molecule has 13 heavy (non-hydrogen) atoms. The van der Waals surface area contributed by atoms with E-state index in [0.29, 0.717) is 5.78 Å². The van der Waals surface area contributed by atoms with Crippen LogP contribution in [0.3, 0.4) is 0 Å². The topological polar surface area (TPSA) is 17.1 Å². The second-order valence-electron chi connectivity index (χ2n) is 4.25. The zero-order valence-corrected chi connectivity index (χ0v) is 8.01. The Labute approximate surface area is 79.5 Å². The highest BCUT2D eigenvalue weighted by Crippen LogP contribution is 2.49. The van der Waals surface area contributed by atoms with Crippen LogP contribution in [0.25, 0.3) is 0 Å². The van der Waals surface area contributed by atoms with Crippen LogP contribution >= 0.6 is 0 Å². The molecular weight excluding hydrogens is 160 g/mol. The van der Waals surface area contributed by atoms with Crippen molar-refractivity contribution in [3.05, 3.63) is 24.3 Å². The molecule has 0 saturated heterocycles. The second-order valence-corrected chi connectivity index (χ2v) is 4.25. The monoisotopic (exact) mass is 176 g/mol. The quantitative estimate of drug-likeness (QED) is 0.600. The Morgan fingerprint density at radius 2 is 2.31 bits per heavy atom. The van der Waals surface area contributed by atoms with Gasteiger partial charge >= 0.3 is 0 Å². The average Bonchev–Trinajstić information content (AvgIpc) is 2.47. The Morgan fingerprint density at radius 3 is 3.00 bits per heavy atom. The normalized spacial score (nSPS) is 33.5. The molecule has 1 spiro atoms. The number of hydrogen-bond donors (Lipinski definition) is 0. The minimum atomic E-state index is 0.205. The van der Waals surface area contributed by atoms with E-state index in [2.05, 4.69) is 12.7 Å². The highest BCUT2D eigenvalue weighted by atomic mass is 16.1. The van der Waals surface area contributed by atoms with E-state index in [4.69, 9.17) is 0 Å². The Bertz CT molecular complexity index is 275. The van der Waals surface area contributed by atoms with E-state index in [1.54, 1.807) is 0 Å². The second kappa shape index (κ2) is 3.13. The van der Waals surface area contributed by atoms with Gasteiger partial charge in [-0.15, -0.1) is 0 Å². The molecule has 0 heterocycles. The van der Waals surface area contributed by atoms with Gasteiger partial charge in [0.05, 0.1) is 0 Å². The van der Waals surface area contributed by atoms with Crippen molar-refractivity contribution >= 4 is 5.78 Å². The summed E-state index contributed by atoms with van der Waals surface area (Å²) in [4.78, 5) is 11.4. The molecule has 0 radical (unpaired) electrons. The minimum absolute atomic E-state index is 0.205. The maximum absolute atomic E-state index is 11.4. The highest BCUT2D eigenvalue weighted by Gasteiger charge is 2.39. The van der Waals surface area contributed by atoms with E-state index in [1.807, 2.05) is 6.08 Å². The van der Waals surface area contributed by atoms with Crippen molar-refractivity contribution in [2.24, 2.45) is 5.41 Å². The van der Waals surface area contributed by atoms with Crippen LogP contribution in [0.5, 0.6) is 0 Å². The van der Waals surface area contributed by atoms with Crippen LogP contribution in [0.4, 0.5) is 0 Å². The minimum Gasteiger partial charge on any atom is -0.300 e. The molecule has 0 unspecified atom stereocenters. The van der Waals surface area contributed by atoms with Crippen molar-refractivity contribution in [3.63, 3.8) is 0 Å². The molecule has 0 aromatic rings. The molecule has 0 aromatic carbocycles. The van der Waals surface area contributed by atoms with Crippen LogP contribution in [-0.4, -0.2) is 5.78 Å². The highest BCUT2D eigenvalue weighted by molar-refractivity contribution is 5.80. The fourth-order valence-electron chi connectivity index (χ4n) is 2.80. The van der Waals surface area contributed by atoms with E-state index in [9.17, 15) is 4.79 Å². The number of carbonyl (C=O) groups is 1. The van der Waals surface area contributed by atoms with Crippen LogP contribution in [-0.2, 0) is 4.79 Å². The van der Waals surface area contributed by atoms with Gasteiger partial charge in [-0.25, -0.2) is 0 Å². The molecule has 70 valence electrons. The molecule has 0 aliphatic heterocycles. The van der Waals surface area contributed by atoms with Crippen LogP contribution in [0.15, 0.2) is 24.3 Å². The lowest BCUT2D eigenvalue weighted by molar-refractivity contribution is -0.122. The van der Waals surface area contributed by atoms with Gasteiger partial charge in [0.1, 0.15) is 5.78 Å². The molecule has 1 atom stereocenters. The molecule has 0 bridgehead atoms. The van der Waals surface area contributed by atoms with Gasteiger partial charge in [-0.1, -0.05) is 18.7 Å². The molecule has 1 nitrogen and oxygen atoms in total. The Morgan fingerprint density at radius 1 is 1.46 bits per heavy atom. The van der Waals surface area contributed by atoms with E-state index in [0.717, 1.165) is 25.7 Å². The van der Waals surface area contributed by atoms with Crippen molar-refractivity contribution in [2.75, 3.05) is 0 Å². The summed E-state index contributed by atoms with van der Waals surface area (Å²) < 4.78 is 0. The first-order valence-corrected chi connectivity index (χ1v) is 5.12. The van der Waals surface area contributed by atoms with E-state index >= 15 is 0 Å². The van der Waals surface area contributed by atoms with Crippen LogP contribution in [0.1, 0.15) is 38.5 Å². The lowest BCUT2D eigenvalue weighted by Crippen LogP contribution is -2.27. The number of hydrogen-bond acceptors (Lipinski definition) is 1. The first-order chi connectivity index (χ1) is 6.27. The van der Waals surface area contributed by atoms with Gasteiger partial charge in [0.15, 0.2) is 0 Å². The third-order valence-corrected chi connectivity index (χ3v) is 3.47. The zero-order chi connectivity index (χ0) is 9.31. The predicted molar refractivity (Wildman–Crippen MR) is 53.4 cm³/mol. The lowest BCUT2D eigenvalue weighted by atomic mass is 9.69. The number of rotatable bonds is 1. The smallest absolute Gasteiger partial charge is 0.133 e. The van der Waals surface area contributed by atoms with Gasteiger partial charge < -0.3 is 0 Å². The molecule has 2 aliphatic rings. The van der Waals surface area contributed by atoms with Gasteiger partial charge in [-0.2, -0.15) is 0 Å². The summed E-state index contributed by atoms with van der Waals surface area (Å²) in [7, 11) is 0. The maximum Gasteiger partial charge on any atom is 0.133 e. The van der Waals surface area contributed by atoms with Gasteiger partial charge in [-0.3, -0.25) is 4.79 Å². The molecular formula is C12H16O. The number of allylic oxidation sites excluding steroid dienone is 3. The summed E-state index contributed by atoms with van der Waals surface area (Å²) in [5, 5.41) is 0. The summed E-state index contributed by atoms with van der Waals surface area (Å²) in [5.41, 5.74) is 1.54. The maximum atomic E-state index is 11.4. The Hall–Kier alpha value is -0.850. The van der Waals surface area contributed by atoms with Crippen molar-refractivity contribution in [3.8, 4) is 0 Å². The molecule has 1 saturated carbocycles. The number of Topliss-reactive ketones (excluding diaryl/α,β-unsaturated/α-hetero) is 1. The molecule has 2 rings (SSSR count). The SMILES string of the molecule is C=CC1=CCC[C@@]12CCCC(=O)C2. The lowest BCUT2D eigenvalue weighted by Gasteiger charge is -2.34. The standard InChI is InChI=1S/C12H16O/c1-2-10-5-3-7-12(10)8-4-6-11(13)9-12/h2,5H,1,3-4,6-9H2/t12-/m0/s1. The number of carbonyl (C=O) groups excluding carboxylic acids is 1. The average molecular weight is 176 g/mol. The molecule has 1 fully saturated rings. The molecule has 1 heteroatoms. The first kappa shape index (κ1) is 8.74. The first-order valence-electron chi connectivity index (χ1n) is 5.12. The summed E-state index contributed by atoms with van der Waals surface area (Å²) in [6.07, 6.45) is 10.3. The molecule has 2 aliphatic carbocycles. The molecule has 0 aromatic heterocycles. The summed E-state index contributed by atoms with van der Waals surface area (Å²) in [6.45, 7) is 3.84. The van der Waals surface area contributed by atoms with Crippen molar-refractivity contribution in [2.45, 2.75) is 38.5 Å². The fourth-order valence-corrected chi connectivity index (χ4v) is 2.80. The van der Waals surface area contributed by atoms with Crippen molar-refractivity contribution in [1.82, 2.24) is 0 Å². The van der Waals surface area contributed by atoms with Crippen LogP contribution < -0.4 is 0 Å². The van der Waals surface area contributed by atoms with E-state index in [1.165, 1.54) is 18.4 Å². The van der Waals surface area contributed by atoms with Crippen molar-refractivity contribution < 1.29 is 4.79 Å². The zero-order valence-electron chi connectivity index (χ0n) is 8.01. The summed E-state index contributed by atoms with van der Waals surface area (Å²) in [6, 6.07) is 0. The molecule has 0 amide bonds. The summed E-state index contributed by atoms with van der Waals surface area (Å²) >= 11 is 0. The van der Waals surface area contributed by atoms with Gasteiger partial charge in [-0.05, 0) is 31.3 Å².